The van der Waals surface area contributed by atoms with Gasteiger partial charge in [0.25, 0.3) is 0 Å². The molecule has 1 aromatic heterocycles. The Morgan fingerprint density at radius 3 is 2.23 bits per heavy atom. The zero-order chi connectivity index (χ0) is 20.9. The average Bonchev–Trinajstić information content (AvgIpc) is 3.65. The summed E-state index contributed by atoms with van der Waals surface area (Å²) in [6, 6.07) is 11.4. The van der Waals surface area contributed by atoms with Gasteiger partial charge in [0.15, 0.2) is 0 Å². The van der Waals surface area contributed by atoms with Gasteiger partial charge in [-0.3, -0.25) is 19.7 Å². The van der Waals surface area contributed by atoms with Crippen LogP contribution in [0.1, 0.15) is 58.1 Å². The van der Waals surface area contributed by atoms with Gasteiger partial charge in [-0.2, -0.15) is 0 Å². The fraction of sp³-hybridized carbons (Fsp3) is 0.560. The lowest BCUT2D eigenvalue weighted by atomic mass is 9.97. The molecule has 2 aromatic rings. The smallest absolute Gasteiger partial charge is 0.225 e. The number of carbonyl (C=O) groups excluding carboxylic acids is 1. The maximum absolute atomic E-state index is 12.7. The molecule has 1 saturated carbocycles. The molecule has 2 aliphatic rings. The van der Waals surface area contributed by atoms with Crippen molar-refractivity contribution in [2.45, 2.75) is 71.0 Å². The lowest BCUT2D eigenvalue weighted by molar-refractivity contribution is -0.137. The van der Waals surface area contributed by atoms with E-state index in [2.05, 4.69) is 40.8 Å². The second kappa shape index (κ2) is 9.69. The first-order chi connectivity index (χ1) is 14.7. The van der Waals surface area contributed by atoms with Crippen LogP contribution in [0.5, 0.6) is 0 Å². The van der Waals surface area contributed by atoms with E-state index in [0.717, 1.165) is 62.3 Å². The average molecular weight is 407 g/mol. The van der Waals surface area contributed by atoms with Crippen LogP contribution >= 0.6 is 0 Å². The summed E-state index contributed by atoms with van der Waals surface area (Å²) in [6.07, 6.45) is 10.4. The number of hydrogen-bond donors (Lipinski definition) is 0. The van der Waals surface area contributed by atoms with Crippen LogP contribution < -0.4 is 0 Å². The van der Waals surface area contributed by atoms with Crippen molar-refractivity contribution in [2.24, 2.45) is 5.92 Å². The molecule has 1 amide bonds. The standard InChI is InChI=1S/C25H34N4O/c1-3-19(4-2)25(30)28-14-12-23(13-15-28)29(22-10-11-22)18-21-16-27-24(17-26-21)20-8-6-5-7-9-20/h5-9,16-17,19,22-23H,3-4,10-15,18H2,1-2H3. The number of amides is 1. The third-order valence-corrected chi connectivity index (χ3v) is 6.72. The number of rotatable bonds is 8. The van der Waals surface area contributed by atoms with Crippen molar-refractivity contribution >= 4 is 5.91 Å². The minimum Gasteiger partial charge on any atom is -0.342 e. The summed E-state index contributed by atoms with van der Waals surface area (Å²) in [5.41, 5.74) is 3.06. The Hall–Kier alpha value is -2.27. The summed E-state index contributed by atoms with van der Waals surface area (Å²) < 4.78 is 0. The molecule has 0 bridgehead atoms. The molecule has 1 aliphatic carbocycles. The number of aromatic nitrogens is 2. The van der Waals surface area contributed by atoms with Gasteiger partial charge in [-0.1, -0.05) is 44.2 Å². The van der Waals surface area contributed by atoms with Crippen LogP contribution in [0.3, 0.4) is 0 Å². The number of hydrogen-bond acceptors (Lipinski definition) is 4. The van der Waals surface area contributed by atoms with E-state index in [4.69, 9.17) is 4.98 Å². The zero-order valence-corrected chi connectivity index (χ0v) is 18.3. The van der Waals surface area contributed by atoms with Crippen molar-refractivity contribution in [2.75, 3.05) is 13.1 Å². The largest absolute Gasteiger partial charge is 0.342 e. The van der Waals surface area contributed by atoms with Crippen molar-refractivity contribution in [1.29, 1.82) is 0 Å². The molecule has 5 nitrogen and oxygen atoms in total. The number of likely N-dealkylation sites (tertiary alicyclic amines) is 1. The van der Waals surface area contributed by atoms with Gasteiger partial charge in [0.1, 0.15) is 0 Å². The van der Waals surface area contributed by atoms with Gasteiger partial charge in [0.05, 0.1) is 23.8 Å². The topological polar surface area (TPSA) is 49.3 Å². The predicted molar refractivity (Wildman–Crippen MR) is 120 cm³/mol. The van der Waals surface area contributed by atoms with Crippen LogP contribution in [0.15, 0.2) is 42.7 Å². The third-order valence-electron chi connectivity index (χ3n) is 6.72. The zero-order valence-electron chi connectivity index (χ0n) is 18.3. The Kier molecular flexibility index (Phi) is 6.78. The molecular weight excluding hydrogens is 372 g/mol. The monoisotopic (exact) mass is 406 g/mol. The van der Waals surface area contributed by atoms with E-state index < -0.39 is 0 Å². The second-order valence-corrected chi connectivity index (χ2v) is 8.73. The van der Waals surface area contributed by atoms with Gasteiger partial charge < -0.3 is 4.90 Å². The predicted octanol–water partition coefficient (Wildman–Crippen LogP) is 4.54. The van der Waals surface area contributed by atoms with Gasteiger partial charge in [-0.15, -0.1) is 0 Å². The summed E-state index contributed by atoms with van der Waals surface area (Å²) in [7, 11) is 0. The van der Waals surface area contributed by atoms with Crippen LogP contribution in [0, 0.1) is 5.92 Å². The summed E-state index contributed by atoms with van der Waals surface area (Å²) in [5.74, 6) is 0.554. The van der Waals surface area contributed by atoms with Crippen LogP contribution in [-0.2, 0) is 11.3 Å². The van der Waals surface area contributed by atoms with Gasteiger partial charge in [0.2, 0.25) is 5.91 Å². The van der Waals surface area contributed by atoms with Crippen LogP contribution in [0.25, 0.3) is 11.3 Å². The number of piperidine rings is 1. The molecular formula is C25H34N4O. The van der Waals surface area contributed by atoms with E-state index in [1.54, 1.807) is 0 Å². The summed E-state index contributed by atoms with van der Waals surface area (Å²) in [6.45, 7) is 6.89. The molecule has 2 heterocycles. The van der Waals surface area contributed by atoms with E-state index in [9.17, 15) is 4.79 Å². The van der Waals surface area contributed by atoms with Gasteiger partial charge >= 0.3 is 0 Å². The molecule has 4 rings (SSSR count). The lowest BCUT2D eigenvalue weighted by Gasteiger charge is -2.39. The number of nitrogens with zero attached hydrogens (tertiary/aromatic N) is 4. The Balaban J connectivity index is 1.37. The van der Waals surface area contributed by atoms with Gasteiger partial charge in [-0.05, 0) is 38.5 Å². The molecule has 0 N–H and O–H groups in total. The minimum atomic E-state index is 0.194. The molecule has 0 spiro atoms. The van der Waals surface area contributed by atoms with E-state index >= 15 is 0 Å². The Bertz CT molecular complexity index is 807. The molecule has 0 radical (unpaired) electrons. The summed E-state index contributed by atoms with van der Waals surface area (Å²) >= 11 is 0. The van der Waals surface area contributed by atoms with E-state index in [1.807, 2.05) is 30.6 Å². The Morgan fingerprint density at radius 2 is 1.67 bits per heavy atom. The Labute approximate surface area is 180 Å². The van der Waals surface area contributed by atoms with E-state index in [-0.39, 0.29) is 5.92 Å². The highest BCUT2D eigenvalue weighted by Gasteiger charge is 2.36. The molecule has 0 unspecified atom stereocenters. The first-order valence-corrected chi connectivity index (χ1v) is 11.6. The highest BCUT2D eigenvalue weighted by atomic mass is 16.2. The first kappa shape index (κ1) is 21.0. The van der Waals surface area contributed by atoms with Crippen LogP contribution in [0.4, 0.5) is 0 Å². The molecule has 30 heavy (non-hydrogen) atoms. The molecule has 1 saturated heterocycles. The molecule has 5 heteroatoms. The summed E-state index contributed by atoms with van der Waals surface area (Å²) in [4.78, 5) is 26.8. The molecule has 1 aliphatic heterocycles. The number of carbonyl (C=O) groups is 1. The van der Waals surface area contributed by atoms with Crippen molar-refractivity contribution < 1.29 is 4.79 Å². The van der Waals surface area contributed by atoms with Crippen molar-refractivity contribution in [3.63, 3.8) is 0 Å². The maximum atomic E-state index is 12.7. The molecule has 160 valence electrons. The lowest BCUT2D eigenvalue weighted by Crippen LogP contribution is -2.48. The van der Waals surface area contributed by atoms with Gasteiger partial charge in [-0.25, -0.2) is 0 Å². The van der Waals surface area contributed by atoms with Crippen LogP contribution in [-0.4, -0.2) is 50.8 Å². The Morgan fingerprint density at radius 1 is 1.00 bits per heavy atom. The fourth-order valence-electron chi connectivity index (χ4n) is 4.66. The van der Waals surface area contributed by atoms with E-state index in [0.29, 0.717) is 18.0 Å². The molecule has 0 atom stereocenters. The molecule has 2 fully saturated rings. The maximum Gasteiger partial charge on any atom is 0.225 e. The quantitative estimate of drug-likeness (QED) is 0.646. The molecule has 1 aromatic carbocycles. The van der Waals surface area contributed by atoms with Crippen LogP contribution in [0.2, 0.25) is 0 Å². The minimum absolute atomic E-state index is 0.194. The van der Waals surface area contributed by atoms with Crippen molar-refractivity contribution in [3.05, 3.63) is 48.4 Å². The number of benzene rings is 1. The third kappa shape index (κ3) is 4.89. The van der Waals surface area contributed by atoms with E-state index in [1.165, 1.54) is 12.8 Å². The highest BCUT2D eigenvalue weighted by molar-refractivity contribution is 5.78. The van der Waals surface area contributed by atoms with Crippen molar-refractivity contribution in [3.8, 4) is 11.3 Å². The van der Waals surface area contributed by atoms with Gasteiger partial charge in [0, 0.05) is 43.2 Å². The fourth-order valence-corrected chi connectivity index (χ4v) is 4.66. The second-order valence-electron chi connectivity index (χ2n) is 8.73. The normalized spacial score (nSPS) is 17.7. The van der Waals surface area contributed by atoms with Crippen molar-refractivity contribution in [1.82, 2.24) is 19.8 Å². The highest BCUT2D eigenvalue weighted by Crippen LogP contribution is 2.33. The SMILES string of the molecule is CCC(CC)C(=O)N1CCC(N(Cc2cnc(-c3ccccc3)cn2)C2CC2)CC1. The summed E-state index contributed by atoms with van der Waals surface area (Å²) in [5, 5.41) is 0. The first-order valence-electron chi connectivity index (χ1n) is 11.6.